The zero-order valence-corrected chi connectivity index (χ0v) is 8.12. The van der Waals surface area contributed by atoms with Crippen LogP contribution in [0.15, 0.2) is 0 Å². The maximum absolute atomic E-state index is 10.9. The summed E-state index contributed by atoms with van der Waals surface area (Å²) in [5.74, 6) is -1.47. The lowest BCUT2D eigenvalue weighted by molar-refractivity contribution is -0.149. The molecule has 0 bridgehead atoms. The highest BCUT2D eigenvalue weighted by Crippen LogP contribution is 1.90. The second-order valence-corrected chi connectivity index (χ2v) is 2.51. The predicted molar refractivity (Wildman–Crippen MR) is 47.5 cm³/mol. The number of hydroxylamine groups is 1. The molecule has 0 fully saturated rings. The molecule has 14 heavy (non-hydrogen) atoms. The lowest BCUT2D eigenvalue weighted by Crippen LogP contribution is -2.26. The topological polar surface area (TPSA) is 84.9 Å². The van der Waals surface area contributed by atoms with Gasteiger partial charge in [0.15, 0.2) is 6.61 Å². The Hall–Kier alpha value is -1.14. The molecule has 0 aromatic rings. The van der Waals surface area contributed by atoms with Crippen LogP contribution in [0.2, 0.25) is 0 Å². The van der Waals surface area contributed by atoms with Crippen molar-refractivity contribution in [2.24, 2.45) is 0 Å². The van der Waals surface area contributed by atoms with E-state index in [9.17, 15) is 9.59 Å². The van der Waals surface area contributed by atoms with Crippen molar-refractivity contribution in [1.82, 2.24) is 5.48 Å². The molecule has 1 amide bonds. The van der Waals surface area contributed by atoms with E-state index in [1.54, 1.807) is 0 Å². The molecule has 0 aromatic carbocycles. The van der Waals surface area contributed by atoms with Gasteiger partial charge >= 0.3 is 5.97 Å². The van der Waals surface area contributed by atoms with Gasteiger partial charge in [0.25, 0.3) is 0 Å². The number of rotatable bonds is 8. The molecule has 6 nitrogen and oxygen atoms in total. The highest BCUT2D eigenvalue weighted by Gasteiger charge is 2.02. The molecule has 0 radical (unpaired) electrons. The van der Waals surface area contributed by atoms with Gasteiger partial charge in [-0.3, -0.25) is 9.63 Å². The summed E-state index contributed by atoms with van der Waals surface area (Å²) in [6.45, 7) is 2.48. The van der Waals surface area contributed by atoms with Gasteiger partial charge in [0.1, 0.15) is 0 Å². The molecule has 0 atom stereocenters. The number of hydrogen-bond acceptors (Lipinski definition) is 4. The zero-order chi connectivity index (χ0) is 10.8. The van der Waals surface area contributed by atoms with Crippen molar-refractivity contribution in [2.45, 2.75) is 19.8 Å². The molecule has 2 N–H and O–H groups in total. The van der Waals surface area contributed by atoms with Gasteiger partial charge in [0.2, 0.25) is 5.91 Å². The molecule has 82 valence electrons. The summed E-state index contributed by atoms with van der Waals surface area (Å²) in [6, 6.07) is 0. The molecule has 0 unspecified atom stereocenters. The lowest BCUT2D eigenvalue weighted by atomic mass is 10.3. The second kappa shape index (κ2) is 8.46. The Morgan fingerprint density at radius 1 is 1.43 bits per heavy atom. The van der Waals surface area contributed by atoms with Gasteiger partial charge < -0.3 is 9.84 Å². The molecule has 0 saturated heterocycles. The lowest BCUT2D eigenvalue weighted by Gasteiger charge is -2.03. The number of carbonyl (C=O) groups is 2. The molecule has 6 heteroatoms. The Balaban J connectivity index is 3.24. The van der Waals surface area contributed by atoms with E-state index in [-0.39, 0.29) is 12.3 Å². The van der Waals surface area contributed by atoms with Crippen molar-refractivity contribution < 1.29 is 24.3 Å². The molecule has 0 aliphatic carbocycles. The minimum Gasteiger partial charge on any atom is -0.479 e. The fraction of sp³-hybridized carbons (Fsp3) is 0.750. The first-order valence-corrected chi connectivity index (χ1v) is 4.37. The van der Waals surface area contributed by atoms with Gasteiger partial charge in [0, 0.05) is 19.6 Å². The average molecular weight is 205 g/mol. The van der Waals surface area contributed by atoms with Crippen LogP contribution in [-0.4, -0.2) is 36.8 Å². The van der Waals surface area contributed by atoms with Gasteiger partial charge in [-0.05, 0) is 13.3 Å². The predicted octanol–water partition coefficient (Wildman–Crippen LogP) is -0.0645. The first kappa shape index (κ1) is 12.9. The second-order valence-electron chi connectivity index (χ2n) is 2.51. The third kappa shape index (κ3) is 8.95. The van der Waals surface area contributed by atoms with Gasteiger partial charge in [-0.25, -0.2) is 10.3 Å². The number of aliphatic carboxylic acids is 1. The maximum atomic E-state index is 10.9. The van der Waals surface area contributed by atoms with E-state index in [4.69, 9.17) is 9.84 Å². The molecular formula is C8H15NO5. The Morgan fingerprint density at radius 2 is 2.14 bits per heavy atom. The average Bonchev–Trinajstić information content (AvgIpc) is 2.12. The van der Waals surface area contributed by atoms with Gasteiger partial charge in [-0.15, -0.1) is 0 Å². The van der Waals surface area contributed by atoms with E-state index in [0.717, 1.165) is 0 Å². The van der Waals surface area contributed by atoms with Crippen LogP contribution in [0.3, 0.4) is 0 Å². The molecule has 0 saturated carbocycles. The van der Waals surface area contributed by atoms with Crippen LogP contribution in [0.4, 0.5) is 0 Å². The van der Waals surface area contributed by atoms with Crippen molar-refractivity contribution >= 4 is 11.9 Å². The summed E-state index contributed by atoms with van der Waals surface area (Å²) in [5, 5.41) is 8.18. The Labute approximate surface area is 82.1 Å². The SMILES string of the molecule is CCOCCCC(=O)NOCC(=O)O. The quantitative estimate of drug-likeness (QED) is 0.428. The van der Waals surface area contributed by atoms with Crippen molar-refractivity contribution in [3.63, 3.8) is 0 Å². The first-order valence-electron chi connectivity index (χ1n) is 4.37. The van der Waals surface area contributed by atoms with Crippen molar-refractivity contribution in [1.29, 1.82) is 0 Å². The Kier molecular flexibility index (Phi) is 7.77. The Morgan fingerprint density at radius 3 is 2.71 bits per heavy atom. The van der Waals surface area contributed by atoms with Crippen LogP contribution in [-0.2, 0) is 19.2 Å². The first-order chi connectivity index (χ1) is 6.66. The summed E-state index contributed by atoms with van der Waals surface area (Å²) >= 11 is 0. The van der Waals surface area contributed by atoms with Crippen LogP contribution in [0.1, 0.15) is 19.8 Å². The van der Waals surface area contributed by atoms with Crippen LogP contribution < -0.4 is 5.48 Å². The molecule has 0 aliphatic heterocycles. The van der Waals surface area contributed by atoms with E-state index in [1.807, 2.05) is 12.4 Å². The van der Waals surface area contributed by atoms with Gasteiger partial charge in [-0.2, -0.15) is 0 Å². The van der Waals surface area contributed by atoms with Crippen molar-refractivity contribution in [2.75, 3.05) is 19.8 Å². The molecule has 0 aromatic heterocycles. The standard InChI is InChI=1S/C8H15NO5/c1-2-13-5-3-4-7(10)9-14-6-8(11)12/h2-6H2,1H3,(H,9,10)(H,11,12). The van der Waals surface area contributed by atoms with Gasteiger partial charge in [0.05, 0.1) is 0 Å². The zero-order valence-electron chi connectivity index (χ0n) is 8.12. The van der Waals surface area contributed by atoms with Crippen LogP contribution in [0.5, 0.6) is 0 Å². The van der Waals surface area contributed by atoms with E-state index in [1.165, 1.54) is 0 Å². The summed E-state index contributed by atoms with van der Waals surface area (Å²) in [7, 11) is 0. The monoisotopic (exact) mass is 205 g/mol. The summed E-state index contributed by atoms with van der Waals surface area (Å²) in [4.78, 5) is 25.3. The molecule has 0 rings (SSSR count). The van der Waals surface area contributed by atoms with E-state index in [0.29, 0.717) is 19.6 Å². The number of carbonyl (C=O) groups excluding carboxylic acids is 1. The minimum atomic E-state index is -1.13. The fourth-order valence-corrected chi connectivity index (χ4v) is 0.708. The van der Waals surface area contributed by atoms with Gasteiger partial charge in [-0.1, -0.05) is 0 Å². The van der Waals surface area contributed by atoms with E-state index < -0.39 is 12.6 Å². The fourth-order valence-electron chi connectivity index (χ4n) is 0.708. The van der Waals surface area contributed by atoms with Crippen molar-refractivity contribution in [3.05, 3.63) is 0 Å². The normalized spacial score (nSPS) is 9.79. The molecule has 0 spiro atoms. The number of hydrogen-bond donors (Lipinski definition) is 2. The summed E-state index contributed by atoms with van der Waals surface area (Å²) in [6.07, 6.45) is 0.857. The largest absolute Gasteiger partial charge is 0.479 e. The maximum Gasteiger partial charge on any atom is 0.332 e. The van der Waals surface area contributed by atoms with Crippen LogP contribution in [0.25, 0.3) is 0 Å². The Bertz CT molecular complexity index is 183. The third-order valence-electron chi connectivity index (χ3n) is 1.28. The van der Waals surface area contributed by atoms with Crippen LogP contribution >= 0.6 is 0 Å². The third-order valence-corrected chi connectivity index (χ3v) is 1.28. The minimum absolute atomic E-state index is 0.264. The highest BCUT2D eigenvalue weighted by atomic mass is 16.7. The smallest absolute Gasteiger partial charge is 0.332 e. The van der Waals surface area contributed by atoms with Crippen LogP contribution in [0, 0.1) is 0 Å². The van der Waals surface area contributed by atoms with Crippen molar-refractivity contribution in [3.8, 4) is 0 Å². The summed E-state index contributed by atoms with van der Waals surface area (Å²) in [5.41, 5.74) is 2.02. The molecule has 0 aliphatic rings. The van der Waals surface area contributed by atoms with E-state index in [2.05, 4.69) is 4.84 Å². The number of nitrogens with one attached hydrogen (secondary N) is 1. The molecule has 0 heterocycles. The molecular weight excluding hydrogens is 190 g/mol. The number of ether oxygens (including phenoxy) is 1. The summed E-state index contributed by atoms with van der Waals surface area (Å²) < 4.78 is 5.01. The number of amides is 1. The highest BCUT2D eigenvalue weighted by molar-refractivity contribution is 5.75. The number of carboxylic acids is 1. The van der Waals surface area contributed by atoms with E-state index >= 15 is 0 Å². The number of carboxylic acid groups (broad SMARTS) is 1.